The van der Waals surface area contributed by atoms with Crippen molar-refractivity contribution in [2.45, 2.75) is 44.9 Å². The number of nitrogens with zero attached hydrogens (tertiary/aromatic N) is 3. The van der Waals surface area contributed by atoms with Crippen LogP contribution in [0, 0.1) is 10.8 Å². The summed E-state index contributed by atoms with van der Waals surface area (Å²) in [6.45, 7) is 4.85. The summed E-state index contributed by atoms with van der Waals surface area (Å²) in [4.78, 5) is 43.9. The molecular weight excluding hydrogens is 402 g/mol. The summed E-state index contributed by atoms with van der Waals surface area (Å²) < 4.78 is 6.80. The minimum atomic E-state index is -0.788. The molecule has 3 heterocycles. The monoisotopic (exact) mass is 431 g/mol. The van der Waals surface area contributed by atoms with Crippen LogP contribution in [0.25, 0.3) is 0 Å². The van der Waals surface area contributed by atoms with Gasteiger partial charge in [-0.3, -0.25) is 23.9 Å². The largest absolute Gasteiger partial charge is 0.375 e. The maximum atomic E-state index is 12.7. The number of aromatic nitrogens is 2. The number of Topliss-reactive ketones (excluding diaryl/α,β-unsaturated/α-hetero) is 1. The Bertz CT molecular complexity index is 928. The molecule has 0 saturated carbocycles. The van der Waals surface area contributed by atoms with E-state index in [2.05, 4.69) is 20.5 Å². The number of nitrogens with one attached hydrogen (secondary N) is 4. The molecule has 1 aromatic heterocycles. The van der Waals surface area contributed by atoms with Crippen molar-refractivity contribution in [2.24, 2.45) is 0 Å². The predicted molar refractivity (Wildman–Crippen MR) is 115 cm³/mol. The SMILES string of the molecule is CC[C@@H](C(=O)NCC(=O)CN1CC2CC1CO2)n1ccnc(NCC(=N)C(C)=N)c1=O. The van der Waals surface area contributed by atoms with E-state index >= 15 is 0 Å². The van der Waals surface area contributed by atoms with Crippen molar-refractivity contribution in [1.82, 2.24) is 19.8 Å². The molecule has 0 aromatic carbocycles. The van der Waals surface area contributed by atoms with Crippen LogP contribution in [-0.2, 0) is 14.3 Å². The number of fused-ring (bicyclic) bond motifs is 2. The van der Waals surface area contributed by atoms with E-state index < -0.39 is 17.5 Å². The van der Waals surface area contributed by atoms with Crippen molar-refractivity contribution in [3.63, 3.8) is 0 Å². The number of morpholine rings is 1. The van der Waals surface area contributed by atoms with Crippen LogP contribution in [0.4, 0.5) is 5.82 Å². The molecule has 11 nitrogen and oxygen atoms in total. The molecule has 2 unspecified atom stereocenters. The van der Waals surface area contributed by atoms with E-state index in [9.17, 15) is 14.4 Å². The normalized spacial score (nSPS) is 21.0. The molecule has 2 bridgehead atoms. The molecule has 2 aliphatic heterocycles. The van der Waals surface area contributed by atoms with Crippen LogP contribution in [0.3, 0.4) is 0 Å². The number of carbonyl (C=O) groups is 2. The van der Waals surface area contributed by atoms with Crippen LogP contribution in [0.5, 0.6) is 0 Å². The molecular formula is C20H29N7O4. The summed E-state index contributed by atoms with van der Waals surface area (Å²) >= 11 is 0. The zero-order valence-corrected chi connectivity index (χ0v) is 17.8. The number of ketones is 1. The summed E-state index contributed by atoms with van der Waals surface area (Å²) in [5.41, 5.74) is -0.370. The number of hydrogen-bond donors (Lipinski definition) is 4. The van der Waals surface area contributed by atoms with Crippen LogP contribution in [0.1, 0.15) is 32.7 Å². The van der Waals surface area contributed by atoms with Crippen LogP contribution in [0.15, 0.2) is 17.2 Å². The molecule has 4 N–H and O–H groups in total. The van der Waals surface area contributed by atoms with Gasteiger partial charge >= 0.3 is 0 Å². The summed E-state index contributed by atoms with van der Waals surface area (Å²) in [5.74, 6) is -0.493. The van der Waals surface area contributed by atoms with E-state index in [1.165, 1.54) is 23.9 Å². The van der Waals surface area contributed by atoms with Gasteiger partial charge in [-0.2, -0.15) is 0 Å². The number of hydrogen-bond acceptors (Lipinski definition) is 9. The third-order valence-corrected chi connectivity index (χ3v) is 5.63. The van der Waals surface area contributed by atoms with Gasteiger partial charge in [0, 0.05) is 25.0 Å². The van der Waals surface area contributed by atoms with Gasteiger partial charge < -0.3 is 26.2 Å². The molecule has 1 aromatic rings. The number of ether oxygens (including phenoxy) is 1. The molecule has 1 amide bonds. The predicted octanol–water partition coefficient (Wildman–Crippen LogP) is -0.176. The standard InChI is InChI=1S/C20H29N7O4/c1-3-17(27-5-4-23-18(20(27)30)24-8-16(22)12(2)21)19(29)25-7-14(28)9-26-10-15-6-13(26)11-31-15/h4-5,13,15,17,21-22H,3,6-11H2,1-2H3,(H,23,24)(H,25,29)/t13?,15?,17-/m0/s1. The highest BCUT2D eigenvalue weighted by molar-refractivity contribution is 6.40. The number of anilines is 1. The Labute approximate surface area is 180 Å². The Morgan fingerprint density at radius 3 is 2.74 bits per heavy atom. The van der Waals surface area contributed by atoms with Gasteiger partial charge in [-0.15, -0.1) is 0 Å². The van der Waals surface area contributed by atoms with E-state index in [-0.39, 0.29) is 54.8 Å². The molecule has 0 spiro atoms. The van der Waals surface area contributed by atoms with Crippen molar-refractivity contribution in [1.29, 1.82) is 10.8 Å². The van der Waals surface area contributed by atoms with Crippen molar-refractivity contribution < 1.29 is 14.3 Å². The van der Waals surface area contributed by atoms with Crippen molar-refractivity contribution in [2.75, 3.05) is 38.1 Å². The van der Waals surface area contributed by atoms with Gasteiger partial charge in [-0.05, 0) is 19.8 Å². The molecule has 3 rings (SSSR count). The van der Waals surface area contributed by atoms with Crippen LogP contribution in [-0.4, -0.2) is 82.5 Å². The molecule has 11 heteroatoms. The molecule has 2 saturated heterocycles. The van der Waals surface area contributed by atoms with Gasteiger partial charge in [0.15, 0.2) is 11.6 Å². The maximum absolute atomic E-state index is 12.7. The van der Waals surface area contributed by atoms with Gasteiger partial charge in [-0.25, -0.2) is 4.98 Å². The smallest absolute Gasteiger partial charge is 0.294 e. The lowest BCUT2D eigenvalue weighted by molar-refractivity contribution is -0.128. The topological polar surface area (TPSA) is 153 Å². The highest BCUT2D eigenvalue weighted by Gasteiger charge is 2.39. The number of amides is 1. The fourth-order valence-electron chi connectivity index (χ4n) is 3.86. The van der Waals surface area contributed by atoms with Crippen molar-refractivity contribution in [3.05, 3.63) is 22.7 Å². The maximum Gasteiger partial charge on any atom is 0.294 e. The first kappa shape index (κ1) is 22.8. The van der Waals surface area contributed by atoms with E-state index in [0.29, 0.717) is 13.0 Å². The van der Waals surface area contributed by atoms with Crippen molar-refractivity contribution in [3.8, 4) is 0 Å². The minimum Gasteiger partial charge on any atom is -0.375 e. The average molecular weight is 431 g/mol. The zero-order chi connectivity index (χ0) is 22.5. The average Bonchev–Trinajstić information content (AvgIpc) is 3.36. The number of rotatable bonds is 11. The van der Waals surface area contributed by atoms with Gasteiger partial charge in [0.2, 0.25) is 5.91 Å². The van der Waals surface area contributed by atoms with E-state index in [1.54, 1.807) is 6.92 Å². The van der Waals surface area contributed by atoms with Gasteiger partial charge in [0.1, 0.15) is 6.04 Å². The number of likely N-dealkylation sites (tertiary alicyclic amines) is 1. The third-order valence-electron chi connectivity index (χ3n) is 5.63. The van der Waals surface area contributed by atoms with Crippen molar-refractivity contribution >= 4 is 28.9 Å². The Morgan fingerprint density at radius 2 is 2.13 bits per heavy atom. The molecule has 168 valence electrons. The Kier molecular flexibility index (Phi) is 7.29. The lowest BCUT2D eigenvalue weighted by atomic mass is 10.2. The van der Waals surface area contributed by atoms with E-state index in [1.807, 2.05) is 0 Å². The van der Waals surface area contributed by atoms with Crippen LogP contribution in [0.2, 0.25) is 0 Å². The third kappa shape index (κ3) is 5.42. The minimum absolute atomic E-state index is 0.00197. The Morgan fingerprint density at radius 1 is 1.35 bits per heavy atom. The van der Waals surface area contributed by atoms with Gasteiger partial charge in [0.25, 0.3) is 5.56 Å². The molecule has 0 aliphatic carbocycles. The first-order valence-electron chi connectivity index (χ1n) is 10.4. The number of carbonyl (C=O) groups excluding carboxylic acids is 2. The van der Waals surface area contributed by atoms with Crippen LogP contribution >= 0.6 is 0 Å². The summed E-state index contributed by atoms with van der Waals surface area (Å²) in [6, 6.07) is -0.503. The van der Waals surface area contributed by atoms with E-state index in [0.717, 1.165) is 13.0 Å². The first-order valence-corrected chi connectivity index (χ1v) is 10.4. The molecule has 2 aliphatic rings. The van der Waals surface area contributed by atoms with Gasteiger partial charge in [-0.1, -0.05) is 6.92 Å². The fourth-order valence-corrected chi connectivity index (χ4v) is 3.86. The second-order valence-corrected chi connectivity index (χ2v) is 7.90. The highest BCUT2D eigenvalue weighted by Crippen LogP contribution is 2.27. The molecule has 3 atom stereocenters. The zero-order valence-electron chi connectivity index (χ0n) is 17.8. The Balaban J connectivity index is 1.57. The Hall–Kier alpha value is -2.92. The van der Waals surface area contributed by atoms with Gasteiger partial charge in [0.05, 0.1) is 43.8 Å². The quantitative estimate of drug-likeness (QED) is 0.355. The lowest BCUT2D eigenvalue weighted by Gasteiger charge is -2.26. The summed E-state index contributed by atoms with van der Waals surface area (Å²) in [7, 11) is 0. The second kappa shape index (κ2) is 9.92. The first-order chi connectivity index (χ1) is 14.8. The molecule has 2 fully saturated rings. The summed E-state index contributed by atoms with van der Waals surface area (Å²) in [6.07, 6.45) is 4.35. The lowest BCUT2D eigenvalue weighted by Crippen LogP contribution is -2.44. The highest BCUT2D eigenvalue weighted by atomic mass is 16.5. The second-order valence-electron chi connectivity index (χ2n) is 7.90. The van der Waals surface area contributed by atoms with E-state index in [4.69, 9.17) is 15.6 Å². The van der Waals surface area contributed by atoms with Crippen LogP contribution < -0.4 is 16.2 Å². The molecule has 0 radical (unpaired) electrons. The summed E-state index contributed by atoms with van der Waals surface area (Å²) in [5, 5.41) is 20.5. The fraction of sp³-hybridized carbons (Fsp3) is 0.600. The molecule has 31 heavy (non-hydrogen) atoms.